The number of imidazole rings is 1. The van der Waals surface area contributed by atoms with Gasteiger partial charge >= 0.3 is 0 Å². The molecule has 1 aromatic carbocycles. The topological polar surface area (TPSA) is 75.2 Å². The smallest absolute Gasteiger partial charge is 0.152 e. The molecule has 0 atom stereocenters. The number of ether oxygens (including phenoxy) is 2. The van der Waals surface area contributed by atoms with Crippen LogP contribution in [-0.4, -0.2) is 32.3 Å². The summed E-state index contributed by atoms with van der Waals surface area (Å²) in [6, 6.07) is 8.03. The first-order valence-electron chi connectivity index (χ1n) is 9.98. The van der Waals surface area contributed by atoms with Crippen molar-refractivity contribution in [2.45, 2.75) is 72.3 Å². The summed E-state index contributed by atoms with van der Waals surface area (Å²) in [5.74, 6) is 1.28. The third-order valence-electron chi connectivity index (χ3n) is 5.07. The summed E-state index contributed by atoms with van der Waals surface area (Å²) in [7, 11) is 0. The van der Waals surface area contributed by atoms with Crippen molar-refractivity contribution < 1.29 is 9.47 Å². The van der Waals surface area contributed by atoms with E-state index in [1.165, 1.54) is 0 Å². The Morgan fingerprint density at radius 2 is 1.75 bits per heavy atom. The lowest BCUT2D eigenvalue weighted by Crippen LogP contribution is -2.40. The van der Waals surface area contributed by atoms with Crippen molar-refractivity contribution in [2.24, 2.45) is 0 Å². The number of nitrogens with two attached hydrogens (primary N) is 1. The third-order valence-corrected chi connectivity index (χ3v) is 5.07. The SMILES string of the molecule is CCOCc1nc2c(N)nc3ccccc3c2n1CC(C)(C)OC(C)(C)CC. The summed E-state index contributed by atoms with van der Waals surface area (Å²) >= 11 is 0. The maximum absolute atomic E-state index is 6.46. The van der Waals surface area contributed by atoms with Gasteiger partial charge < -0.3 is 19.8 Å². The van der Waals surface area contributed by atoms with Crippen LogP contribution < -0.4 is 5.73 Å². The Kier molecular flexibility index (Phi) is 5.64. The molecule has 0 unspecified atom stereocenters. The molecule has 0 bridgehead atoms. The number of nitrogens with zero attached hydrogens (tertiary/aromatic N) is 3. The summed E-state index contributed by atoms with van der Waals surface area (Å²) in [5, 5.41) is 1.03. The fourth-order valence-corrected chi connectivity index (χ4v) is 3.61. The maximum atomic E-state index is 6.46. The lowest BCUT2D eigenvalue weighted by Gasteiger charge is -2.36. The molecule has 2 aromatic heterocycles. The van der Waals surface area contributed by atoms with Crippen molar-refractivity contribution >= 4 is 27.8 Å². The molecule has 0 aliphatic carbocycles. The van der Waals surface area contributed by atoms with Crippen molar-refractivity contribution in [1.82, 2.24) is 14.5 Å². The van der Waals surface area contributed by atoms with Crippen molar-refractivity contribution in [3.05, 3.63) is 30.1 Å². The highest BCUT2D eigenvalue weighted by molar-refractivity contribution is 6.06. The fraction of sp³-hybridized carbons (Fsp3) is 0.545. The second kappa shape index (κ2) is 7.68. The Labute approximate surface area is 167 Å². The summed E-state index contributed by atoms with van der Waals surface area (Å²) in [5.41, 5.74) is 8.24. The van der Waals surface area contributed by atoms with Gasteiger partial charge in [0.15, 0.2) is 5.82 Å². The number of benzene rings is 1. The van der Waals surface area contributed by atoms with E-state index in [4.69, 9.17) is 20.2 Å². The zero-order valence-electron chi connectivity index (χ0n) is 17.9. The zero-order chi connectivity index (χ0) is 20.5. The number of rotatable bonds is 8. The average molecular weight is 385 g/mol. The highest BCUT2D eigenvalue weighted by Gasteiger charge is 2.30. The molecular formula is C22H32N4O2. The number of anilines is 1. The van der Waals surface area contributed by atoms with Gasteiger partial charge in [0, 0.05) is 12.0 Å². The van der Waals surface area contributed by atoms with Gasteiger partial charge in [0.2, 0.25) is 0 Å². The lowest BCUT2D eigenvalue weighted by molar-refractivity contribution is -0.130. The van der Waals surface area contributed by atoms with E-state index in [2.05, 4.69) is 50.2 Å². The van der Waals surface area contributed by atoms with Crippen molar-refractivity contribution in [1.29, 1.82) is 0 Å². The third kappa shape index (κ3) is 4.13. The van der Waals surface area contributed by atoms with Crippen molar-refractivity contribution in [3.8, 4) is 0 Å². The Morgan fingerprint density at radius 3 is 2.43 bits per heavy atom. The minimum Gasteiger partial charge on any atom is -0.382 e. The van der Waals surface area contributed by atoms with E-state index < -0.39 is 5.60 Å². The zero-order valence-corrected chi connectivity index (χ0v) is 17.9. The van der Waals surface area contributed by atoms with Crippen molar-refractivity contribution in [3.63, 3.8) is 0 Å². The van der Waals surface area contributed by atoms with E-state index in [9.17, 15) is 0 Å². The standard InChI is InChI=1S/C22H32N4O2/c1-7-21(3,4)28-22(5,6)14-26-17(13-27-8-2)25-18-19(26)15-11-9-10-12-16(15)24-20(18)23/h9-12H,7-8,13-14H2,1-6H3,(H2,23,24). The number of aromatic nitrogens is 3. The van der Waals surface area contributed by atoms with Gasteiger partial charge in [-0.15, -0.1) is 0 Å². The van der Waals surface area contributed by atoms with E-state index >= 15 is 0 Å². The van der Waals surface area contributed by atoms with Crippen LogP contribution in [0.2, 0.25) is 0 Å². The molecule has 0 spiro atoms. The summed E-state index contributed by atoms with van der Waals surface area (Å²) in [4.78, 5) is 9.33. The molecule has 0 saturated carbocycles. The Balaban J connectivity index is 2.18. The van der Waals surface area contributed by atoms with Crippen LogP contribution in [0.15, 0.2) is 24.3 Å². The first kappa shape index (κ1) is 20.6. The van der Waals surface area contributed by atoms with Gasteiger partial charge in [0.25, 0.3) is 0 Å². The van der Waals surface area contributed by atoms with Gasteiger partial charge in [-0.25, -0.2) is 9.97 Å². The molecule has 0 fully saturated rings. The second-order valence-electron chi connectivity index (χ2n) is 8.44. The summed E-state index contributed by atoms with van der Waals surface area (Å²) in [6.45, 7) is 14.3. The predicted octanol–water partition coefficient (Wildman–Crippen LogP) is 4.69. The van der Waals surface area contributed by atoms with Crippen LogP contribution >= 0.6 is 0 Å². The van der Waals surface area contributed by atoms with Crippen LogP contribution in [0.1, 0.15) is 53.8 Å². The number of para-hydroxylation sites is 1. The molecule has 3 aromatic rings. The highest BCUT2D eigenvalue weighted by Crippen LogP contribution is 2.32. The first-order chi connectivity index (χ1) is 13.2. The lowest BCUT2D eigenvalue weighted by atomic mass is 10.0. The minimum absolute atomic E-state index is 0.206. The van der Waals surface area contributed by atoms with Crippen LogP contribution in [0, 0.1) is 0 Å². The molecule has 0 amide bonds. The van der Waals surface area contributed by atoms with E-state index in [0.717, 1.165) is 34.2 Å². The van der Waals surface area contributed by atoms with Crippen LogP contribution in [0.5, 0.6) is 0 Å². The van der Waals surface area contributed by atoms with Gasteiger partial charge in [0.1, 0.15) is 17.9 Å². The normalized spacial score (nSPS) is 12.9. The fourth-order valence-electron chi connectivity index (χ4n) is 3.61. The largest absolute Gasteiger partial charge is 0.382 e. The second-order valence-corrected chi connectivity index (χ2v) is 8.44. The van der Waals surface area contributed by atoms with E-state index in [0.29, 0.717) is 25.6 Å². The molecule has 152 valence electrons. The summed E-state index contributed by atoms with van der Waals surface area (Å²) < 4.78 is 14.3. The monoisotopic (exact) mass is 384 g/mol. The van der Waals surface area contributed by atoms with Gasteiger partial charge in [-0.05, 0) is 47.1 Å². The molecule has 28 heavy (non-hydrogen) atoms. The maximum Gasteiger partial charge on any atom is 0.152 e. The molecule has 0 aliphatic heterocycles. The average Bonchev–Trinajstić information content (AvgIpc) is 2.97. The molecule has 0 aliphatic rings. The Bertz CT molecular complexity index is 975. The quantitative estimate of drug-likeness (QED) is 0.610. The first-order valence-corrected chi connectivity index (χ1v) is 9.98. The molecule has 2 N–H and O–H groups in total. The van der Waals surface area contributed by atoms with Crippen molar-refractivity contribution in [2.75, 3.05) is 12.3 Å². The number of nitrogen functional groups attached to an aromatic ring is 1. The number of fused-ring (bicyclic) bond motifs is 3. The van der Waals surface area contributed by atoms with Crippen LogP contribution in [-0.2, 0) is 22.6 Å². The van der Waals surface area contributed by atoms with Gasteiger partial charge in [-0.3, -0.25) is 0 Å². The molecule has 2 heterocycles. The number of hydrogen-bond acceptors (Lipinski definition) is 5. The van der Waals surface area contributed by atoms with Gasteiger partial charge in [-0.2, -0.15) is 0 Å². The van der Waals surface area contributed by atoms with Crippen LogP contribution in [0.3, 0.4) is 0 Å². The van der Waals surface area contributed by atoms with E-state index in [-0.39, 0.29) is 5.60 Å². The molecule has 0 saturated heterocycles. The molecule has 6 nitrogen and oxygen atoms in total. The van der Waals surface area contributed by atoms with Crippen LogP contribution in [0.4, 0.5) is 5.82 Å². The van der Waals surface area contributed by atoms with Gasteiger partial charge in [0.05, 0.1) is 28.8 Å². The predicted molar refractivity (Wildman–Crippen MR) is 114 cm³/mol. The molecule has 3 rings (SSSR count). The number of hydrogen-bond donors (Lipinski definition) is 1. The summed E-state index contributed by atoms with van der Waals surface area (Å²) in [6.07, 6.45) is 0.937. The van der Waals surface area contributed by atoms with Crippen LogP contribution in [0.25, 0.3) is 21.9 Å². The van der Waals surface area contributed by atoms with Gasteiger partial charge in [-0.1, -0.05) is 25.1 Å². The van der Waals surface area contributed by atoms with E-state index in [1.807, 2.05) is 25.1 Å². The van der Waals surface area contributed by atoms with E-state index in [1.54, 1.807) is 0 Å². The number of pyridine rings is 1. The highest BCUT2D eigenvalue weighted by atomic mass is 16.5. The minimum atomic E-state index is -0.396. The molecule has 0 radical (unpaired) electrons. The Morgan fingerprint density at radius 1 is 1.04 bits per heavy atom. The molecule has 6 heteroatoms. The Hall–Kier alpha value is -2.18. The molecular weight excluding hydrogens is 352 g/mol.